The van der Waals surface area contributed by atoms with Crippen LogP contribution in [0.3, 0.4) is 0 Å². The molecule has 4 rings (SSSR count). The lowest BCUT2D eigenvalue weighted by Crippen LogP contribution is -2.37. The predicted molar refractivity (Wildman–Crippen MR) is 107 cm³/mol. The number of rotatable bonds is 4. The molecule has 0 spiro atoms. The van der Waals surface area contributed by atoms with Gasteiger partial charge in [-0.25, -0.2) is 18.0 Å². The van der Waals surface area contributed by atoms with Crippen LogP contribution in [-0.2, 0) is 12.3 Å². The molecule has 1 aliphatic rings. The van der Waals surface area contributed by atoms with Crippen molar-refractivity contribution < 1.29 is 27.9 Å². The van der Waals surface area contributed by atoms with E-state index in [-0.39, 0.29) is 51.0 Å². The Labute approximate surface area is 183 Å². The average molecular weight is 469 g/mol. The van der Waals surface area contributed by atoms with E-state index in [9.17, 15) is 14.0 Å². The van der Waals surface area contributed by atoms with Gasteiger partial charge in [0, 0.05) is 11.3 Å². The Balaban J connectivity index is 1.80. The molecular weight excluding hydrogens is 456 g/mol. The molecule has 1 atom stereocenters. The van der Waals surface area contributed by atoms with Crippen molar-refractivity contribution in [1.82, 2.24) is 10.2 Å². The van der Waals surface area contributed by atoms with Gasteiger partial charge in [0.1, 0.15) is 11.5 Å². The number of benzene rings is 2. The van der Waals surface area contributed by atoms with Gasteiger partial charge in [0.2, 0.25) is 0 Å². The van der Waals surface area contributed by atoms with E-state index in [1.807, 2.05) is 0 Å². The van der Waals surface area contributed by atoms with Crippen LogP contribution in [0, 0.1) is 11.7 Å². The fourth-order valence-corrected chi connectivity index (χ4v) is 4.38. The molecule has 0 aliphatic heterocycles. The number of aromatic amines is 1. The average Bonchev–Trinajstić information content (AvgIpc) is 3.13. The van der Waals surface area contributed by atoms with E-state index < -0.39 is 35.0 Å². The number of nitrogens with one attached hydrogen (secondary N) is 1. The van der Waals surface area contributed by atoms with Crippen LogP contribution < -0.4 is 0 Å². The Kier molecular flexibility index (Phi) is 5.31. The van der Waals surface area contributed by atoms with Crippen LogP contribution >= 0.6 is 23.2 Å². The third-order valence-electron chi connectivity index (χ3n) is 5.29. The van der Waals surface area contributed by atoms with Crippen molar-refractivity contribution in [1.29, 1.82) is 0 Å². The zero-order chi connectivity index (χ0) is 22.5. The van der Waals surface area contributed by atoms with Gasteiger partial charge in [-0.3, -0.25) is 9.89 Å². The van der Waals surface area contributed by atoms with Crippen molar-refractivity contribution in [3.05, 3.63) is 74.6 Å². The molecule has 0 radical (unpaired) electrons. The van der Waals surface area contributed by atoms with E-state index in [4.69, 9.17) is 28.3 Å². The van der Waals surface area contributed by atoms with Gasteiger partial charge < -0.3 is 5.11 Å². The van der Waals surface area contributed by atoms with Gasteiger partial charge in [0.15, 0.2) is 5.78 Å². The number of fused-ring (bicyclic) bond motifs is 1. The Morgan fingerprint density at radius 2 is 1.84 bits per heavy atom. The minimum atomic E-state index is -3.70. The molecule has 0 amide bonds. The molecule has 160 valence electrons. The van der Waals surface area contributed by atoms with Crippen LogP contribution in [0.5, 0.6) is 0 Å². The maximum Gasteiger partial charge on any atom is 0.335 e. The van der Waals surface area contributed by atoms with Gasteiger partial charge in [-0.2, -0.15) is 5.10 Å². The van der Waals surface area contributed by atoms with Crippen LogP contribution in [0.4, 0.5) is 13.2 Å². The van der Waals surface area contributed by atoms with E-state index in [1.165, 1.54) is 18.2 Å². The van der Waals surface area contributed by atoms with Crippen LogP contribution in [0.2, 0.25) is 10.0 Å². The Hall–Kier alpha value is -2.84. The number of aromatic nitrogens is 2. The summed E-state index contributed by atoms with van der Waals surface area (Å²) >= 11 is 12.1. The fraction of sp³-hybridized carbons (Fsp3) is 0.190. The Bertz CT molecular complexity index is 1210. The number of halogens is 5. The lowest BCUT2D eigenvalue weighted by Gasteiger charge is -2.31. The minimum absolute atomic E-state index is 0.0400. The summed E-state index contributed by atoms with van der Waals surface area (Å²) in [6.07, 6.45) is -0.117. The molecule has 0 fully saturated rings. The quantitative estimate of drug-likeness (QED) is 0.477. The second kappa shape index (κ2) is 7.69. The Morgan fingerprint density at radius 3 is 2.45 bits per heavy atom. The predicted octanol–water partition coefficient (Wildman–Crippen LogP) is 5.76. The fourth-order valence-electron chi connectivity index (χ4n) is 3.80. The highest BCUT2D eigenvalue weighted by Crippen LogP contribution is 2.49. The molecule has 0 saturated carbocycles. The number of alkyl halides is 2. The largest absolute Gasteiger partial charge is 0.478 e. The molecule has 0 saturated heterocycles. The molecular formula is C21H13Cl2F3N2O3. The lowest BCUT2D eigenvalue weighted by molar-refractivity contribution is -0.0606. The van der Waals surface area contributed by atoms with Gasteiger partial charge in [0.05, 0.1) is 32.7 Å². The minimum Gasteiger partial charge on any atom is -0.478 e. The van der Waals surface area contributed by atoms with Crippen molar-refractivity contribution in [2.75, 3.05) is 0 Å². The standard InChI is InChI=1S/C21H13Cl2F3N2O3/c22-12-2-1-3-13(23)16(12)19(29)11-6-7-15-17(21(11,25)26)18(28-27-15)10-5-4-9(20(30)31)8-14(10)24/h1-5,8,11H,6-7H2,(H,27,28)(H,30,31). The summed E-state index contributed by atoms with van der Waals surface area (Å²) in [5, 5.41) is 15.2. The second-order valence-corrected chi connectivity index (χ2v) is 7.92. The number of ketones is 1. The zero-order valence-electron chi connectivity index (χ0n) is 15.6. The summed E-state index contributed by atoms with van der Waals surface area (Å²) in [6.45, 7) is 0. The second-order valence-electron chi connectivity index (χ2n) is 7.10. The highest BCUT2D eigenvalue weighted by Gasteiger charge is 2.53. The number of aromatic carboxylic acids is 1. The van der Waals surface area contributed by atoms with E-state index in [2.05, 4.69) is 10.2 Å². The molecule has 2 N–H and O–H groups in total. The van der Waals surface area contributed by atoms with Crippen LogP contribution in [0.25, 0.3) is 11.3 Å². The maximum atomic E-state index is 15.6. The number of nitrogens with zero attached hydrogens (tertiary/aromatic N) is 1. The van der Waals surface area contributed by atoms with Crippen molar-refractivity contribution >= 4 is 35.0 Å². The zero-order valence-corrected chi connectivity index (χ0v) is 17.1. The van der Waals surface area contributed by atoms with Crippen molar-refractivity contribution in [2.24, 2.45) is 5.92 Å². The van der Waals surface area contributed by atoms with E-state index in [0.29, 0.717) is 0 Å². The molecule has 1 heterocycles. The number of aryl methyl sites for hydroxylation is 1. The third kappa shape index (κ3) is 3.49. The molecule has 2 aromatic carbocycles. The first-order chi connectivity index (χ1) is 14.6. The van der Waals surface area contributed by atoms with Crippen molar-refractivity contribution in [2.45, 2.75) is 18.8 Å². The molecule has 5 nitrogen and oxygen atoms in total. The first kappa shape index (κ1) is 21.4. The number of carbonyl (C=O) groups is 2. The SMILES string of the molecule is O=C(O)c1ccc(-c2n[nH]c3c2C(F)(F)C(C(=O)c2c(Cl)cccc2Cl)CC3)c(F)c1. The molecule has 10 heteroatoms. The lowest BCUT2D eigenvalue weighted by atomic mass is 9.78. The summed E-state index contributed by atoms with van der Waals surface area (Å²) in [5.41, 5.74) is -1.72. The summed E-state index contributed by atoms with van der Waals surface area (Å²) in [6, 6.07) is 7.16. The van der Waals surface area contributed by atoms with Gasteiger partial charge >= 0.3 is 5.97 Å². The molecule has 0 bridgehead atoms. The molecule has 1 aliphatic carbocycles. The number of Topliss-reactive ketones (excluding diaryl/α,β-unsaturated/α-hetero) is 1. The molecule has 3 aromatic rings. The third-order valence-corrected chi connectivity index (χ3v) is 5.92. The topological polar surface area (TPSA) is 83.0 Å². The summed E-state index contributed by atoms with van der Waals surface area (Å²) in [5.74, 6) is -8.78. The number of carboxylic acid groups (broad SMARTS) is 1. The van der Waals surface area contributed by atoms with Crippen molar-refractivity contribution in [3.8, 4) is 11.3 Å². The maximum absolute atomic E-state index is 15.6. The van der Waals surface area contributed by atoms with Crippen molar-refractivity contribution in [3.63, 3.8) is 0 Å². The molecule has 1 aromatic heterocycles. The first-order valence-electron chi connectivity index (χ1n) is 9.10. The highest BCUT2D eigenvalue weighted by molar-refractivity contribution is 6.40. The Morgan fingerprint density at radius 1 is 1.16 bits per heavy atom. The van der Waals surface area contributed by atoms with Gasteiger partial charge in [-0.05, 0) is 43.2 Å². The van der Waals surface area contributed by atoms with Gasteiger partial charge in [0.25, 0.3) is 5.92 Å². The molecule has 1 unspecified atom stereocenters. The summed E-state index contributed by atoms with van der Waals surface area (Å²) in [4.78, 5) is 24.0. The monoisotopic (exact) mass is 468 g/mol. The molecule has 31 heavy (non-hydrogen) atoms. The van der Waals surface area contributed by atoms with E-state index in [1.54, 1.807) is 0 Å². The van der Waals surface area contributed by atoms with E-state index in [0.717, 1.165) is 18.2 Å². The number of H-pyrrole nitrogens is 1. The smallest absolute Gasteiger partial charge is 0.335 e. The van der Waals surface area contributed by atoms with Gasteiger partial charge in [-0.15, -0.1) is 0 Å². The summed E-state index contributed by atoms with van der Waals surface area (Å²) < 4.78 is 45.8. The van der Waals surface area contributed by atoms with Gasteiger partial charge in [-0.1, -0.05) is 29.3 Å². The van der Waals surface area contributed by atoms with Crippen LogP contribution in [-0.4, -0.2) is 27.1 Å². The number of carboxylic acids is 1. The normalized spacial score (nSPS) is 17.3. The number of hydrogen-bond donors (Lipinski definition) is 2. The first-order valence-corrected chi connectivity index (χ1v) is 9.85. The summed E-state index contributed by atoms with van der Waals surface area (Å²) in [7, 11) is 0. The van der Waals surface area contributed by atoms with E-state index >= 15 is 8.78 Å². The highest BCUT2D eigenvalue weighted by atomic mass is 35.5. The number of carbonyl (C=O) groups excluding carboxylic acids is 1. The van der Waals surface area contributed by atoms with Crippen LogP contribution in [0.15, 0.2) is 36.4 Å². The van der Waals surface area contributed by atoms with Crippen LogP contribution in [0.1, 0.15) is 38.4 Å². The number of hydrogen-bond acceptors (Lipinski definition) is 3.